The number of nitrogens with zero attached hydrogens (tertiary/aromatic N) is 5. The summed E-state index contributed by atoms with van der Waals surface area (Å²) in [6.07, 6.45) is 0. The SMILES string of the molecule is CN(C)C(C)(C)c1nnnn1C(c1ccccc1)c1ccccc1. The van der Waals surface area contributed by atoms with Crippen molar-refractivity contribution in [3.63, 3.8) is 0 Å². The summed E-state index contributed by atoms with van der Waals surface area (Å²) in [5.41, 5.74) is 2.03. The van der Waals surface area contributed by atoms with Gasteiger partial charge in [0, 0.05) is 0 Å². The monoisotopic (exact) mass is 321 g/mol. The molecule has 3 rings (SSSR count). The molecule has 124 valence electrons. The molecule has 1 aromatic heterocycles. The first-order valence-corrected chi connectivity index (χ1v) is 8.07. The smallest absolute Gasteiger partial charge is 0.172 e. The van der Waals surface area contributed by atoms with E-state index < -0.39 is 0 Å². The Labute approximate surface area is 142 Å². The quantitative estimate of drug-likeness (QED) is 0.724. The second-order valence-electron chi connectivity index (χ2n) is 6.62. The van der Waals surface area contributed by atoms with Gasteiger partial charge in [0.2, 0.25) is 0 Å². The number of rotatable bonds is 5. The number of benzene rings is 2. The lowest BCUT2D eigenvalue weighted by molar-refractivity contribution is 0.176. The fourth-order valence-corrected chi connectivity index (χ4v) is 2.72. The van der Waals surface area contributed by atoms with Crippen molar-refractivity contribution in [3.05, 3.63) is 77.6 Å². The summed E-state index contributed by atoms with van der Waals surface area (Å²) >= 11 is 0. The van der Waals surface area contributed by atoms with Crippen molar-refractivity contribution in [2.75, 3.05) is 14.1 Å². The van der Waals surface area contributed by atoms with Crippen LogP contribution < -0.4 is 0 Å². The molecule has 0 bridgehead atoms. The van der Waals surface area contributed by atoms with Gasteiger partial charge in [0.25, 0.3) is 0 Å². The minimum atomic E-state index is -0.286. The molecule has 5 nitrogen and oxygen atoms in total. The van der Waals surface area contributed by atoms with E-state index in [9.17, 15) is 0 Å². The predicted octanol–water partition coefficient (Wildman–Crippen LogP) is 3.11. The Morgan fingerprint density at radius 1 is 0.875 bits per heavy atom. The lowest BCUT2D eigenvalue weighted by Gasteiger charge is -2.32. The summed E-state index contributed by atoms with van der Waals surface area (Å²) in [5.74, 6) is 0.838. The molecule has 0 N–H and O–H groups in total. The summed E-state index contributed by atoms with van der Waals surface area (Å²) in [6, 6.07) is 20.6. The molecule has 0 saturated heterocycles. The van der Waals surface area contributed by atoms with E-state index in [1.165, 1.54) is 0 Å². The van der Waals surface area contributed by atoms with Gasteiger partial charge in [-0.1, -0.05) is 60.7 Å². The van der Waals surface area contributed by atoms with E-state index in [0.717, 1.165) is 17.0 Å². The van der Waals surface area contributed by atoms with Crippen molar-refractivity contribution in [2.24, 2.45) is 0 Å². The topological polar surface area (TPSA) is 46.8 Å². The maximum absolute atomic E-state index is 4.35. The molecule has 0 amide bonds. The lowest BCUT2D eigenvalue weighted by atomic mass is 9.96. The average molecular weight is 321 g/mol. The lowest BCUT2D eigenvalue weighted by Crippen LogP contribution is -2.39. The summed E-state index contributed by atoms with van der Waals surface area (Å²) < 4.78 is 1.94. The molecule has 3 aromatic rings. The molecule has 0 radical (unpaired) electrons. The third-order valence-corrected chi connectivity index (χ3v) is 4.63. The van der Waals surface area contributed by atoms with Gasteiger partial charge in [0.05, 0.1) is 5.54 Å². The standard InChI is InChI=1S/C19H23N5/c1-19(2,23(3)4)18-20-21-22-24(18)17(15-11-7-5-8-12-15)16-13-9-6-10-14-16/h5-14,17H,1-4H3. The molecule has 0 aliphatic rings. The highest BCUT2D eigenvalue weighted by Gasteiger charge is 2.33. The summed E-state index contributed by atoms with van der Waals surface area (Å²) in [5, 5.41) is 12.7. The van der Waals surface area contributed by atoms with Gasteiger partial charge in [-0.05, 0) is 49.5 Å². The Hall–Kier alpha value is -2.53. The Bertz CT molecular complexity index is 738. The first-order valence-electron chi connectivity index (χ1n) is 8.07. The van der Waals surface area contributed by atoms with Gasteiger partial charge >= 0.3 is 0 Å². The molecular weight excluding hydrogens is 298 g/mol. The highest BCUT2D eigenvalue weighted by Crippen LogP contribution is 2.31. The van der Waals surface area contributed by atoms with Crippen LogP contribution in [0.1, 0.15) is 36.8 Å². The van der Waals surface area contributed by atoms with Crippen LogP contribution in [0.3, 0.4) is 0 Å². The first-order chi connectivity index (χ1) is 11.5. The molecule has 0 saturated carbocycles. The maximum atomic E-state index is 4.35. The zero-order valence-electron chi connectivity index (χ0n) is 14.6. The number of aromatic nitrogens is 4. The van der Waals surface area contributed by atoms with E-state index in [-0.39, 0.29) is 11.6 Å². The molecule has 24 heavy (non-hydrogen) atoms. The van der Waals surface area contributed by atoms with Crippen molar-refractivity contribution < 1.29 is 0 Å². The van der Waals surface area contributed by atoms with Crippen LogP contribution in [-0.4, -0.2) is 39.2 Å². The average Bonchev–Trinajstić information content (AvgIpc) is 3.07. The predicted molar refractivity (Wildman–Crippen MR) is 94.7 cm³/mol. The van der Waals surface area contributed by atoms with Crippen LogP contribution in [0.4, 0.5) is 0 Å². The van der Waals surface area contributed by atoms with E-state index >= 15 is 0 Å². The molecule has 0 atom stereocenters. The van der Waals surface area contributed by atoms with Crippen molar-refractivity contribution >= 4 is 0 Å². The zero-order valence-corrected chi connectivity index (χ0v) is 14.6. The summed E-state index contributed by atoms with van der Waals surface area (Å²) in [6.45, 7) is 4.25. The fraction of sp³-hybridized carbons (Fsp3) is 0.316. The molecule has 0 unspecified atom stereocenters. The summed E-state index contributed by atoms with van der Waals surface area (Å²) in [4.78, 5) is 2.13. The van der Waals surface area contributed by atoms with Crippen LogP contribution in [0.15, 0.2) is 60.7 Å². The van der Waals surface area contributed by atoms with Crippen LogP contribution in [0.5, 0.6) is 0 Å². The zero-order chi connectivity index (χ0) is 17.2. The van der Waals surface area contributed by atoms with E-state index in [2.05, 4.69) is 58.5 Å². The third kappa shape index (κ3) is 2.95. The molecule has 0 spiro atoms. The van der Waals surface area contributed by atoms with E-state index in [4.69, 9.17) is 0 Å². The molecule has 0 aliphatic carbocycles. The Balaban J connectivity index is 2.17. The van der Waals surface area contributed by atoms with E-state index in [0.29, 0.717) is 0 Å². The van der Waals surface area contributed by atoms with Gasteiger partial charge in [-0.2, -0.15) is 0 Å². The Morgan fingerprint density at radius 3 is 1.83 bits per heavy atom. The highest BCUT2D eigenvalue weighted by molar-refractivity contribution is 5.33. The minimum absolute atomic E-state index is 0.0587. The Morgan fingerprint density at radius 2 is 1.38 bits per heavy atom. The summed E-state index contributed by atoms with van der Waals surface area (Å²) in [7, 11) is 4.08. The number of hydrogen-bond donors (Lipinski definition) is 0. The van der Waals surface area contributed by atoms with Gasteiger partial charge < -0.3 is 0 Å². The van der Waals surface area contributed by atoms with Crippen LogP contribution in [0, 0.1) is 0 Å². The largest absolute Gasteiger partial charge is 0.297 e. The van der Waals surface area contributed by atoms with Gasteiger partial charge in [0.15, 0.2) is 5.82 Å². The highest BCUT2D eigenvalue weighted by atomic mass is 15.6. The Kier molecular flexibility index (Phi) is 4.44. The third-order valence-electron chi connectivity index (χ3n) is 4.63. The fourth-order valence-electron chi connectivity index (χ4n) is 2.72. The molecule has 0 aliphatic heterocycles. The van der Waals surface area contributed by atoms with Gasteiger partial charge in [0.1, 0.15) is 6.04 Å². The molecule has 5 heteroatoms. The van der Waals surface area contributed by atoms with Crippen LogP contribution in [0.2, 0.25) is 0 Å². The van der Waals surface area contributed by atoms with Crippen molar-refractivity contribution in [1.29, 1.82) is 0 Å². The van der Waals surface area contributed by atoms with E-state index in [1.54, 1.807) is 0 Å². The molecule has 0 fully saturated rings. The first kappa shape index (κ1) is 16.3. The second kappa shape index (κ2) is 6.53. The van der Waals surface area contributed by atoms with Crippen LogP contribution in [-0.2, 0) is 5.54 Å². The normalized spacial score (nSPS) is 12.1. The van der Waals surface area contributed by atoms with Crippen LogP contribution >= 0.6 is 0 Å². The molecular formula is C19H23N5. The van der Waals surface area contributed by atoms with Crippen molar-refractivity contribution in [1.82, 2.24) is 25.1 Å². The van der Waals surface area contributed by atoms with Crippen LogP contribution in [0.25, 0.3) is 0 Å². The van der Waals surface area contributed by atoms with Crippen molar-refractivity contribution in [3.8, 4) is 0 Å². The van der Waals surface area contributed by atoms with Gasteiger partial charge in [-0.15, -0.1) is 5.10 Å². The second-order valence-corrected chi connectivity index (χ2v) is 6.62. The maximum Gasteiger partial charge on any atom is 0.172 e. The molecule has 2 aromatic carbocycles. The number of hydrogen-bond acceptors (Lipinski definition) is 4. The van der Waals surface area contributed by atoms with Gasteiger partial charge in [-0.25, -0.2) is 4.68 Å². The van der Waals surface area contributed by atoms with Crippen molar-refractivity contribution in [2.45, 2.75) is 25.4 Å². The molecule has 1 heterocycles. The minimum Gasteiger partial charge on any atom is -0.297 e. The van der Waals surface area contributed by atoms with E-state index in [1.807, 2.05) is 55.2 Å². The van der Waals surface area contributed by atoms with Gasteiger partial charge in [-0.3, -0.25) is 4.90 Å². The number of tetrazole rings is 1.